The van der Waals surface area contributed by atoms with Crippen LogP contribution in [0.4, 0.5) is 0 Å². The summed E-state index contributed by atoms with van der Waals surface area (Å²) in [4.78, 5) is 20.6. The van der Waals surface area contributed by atoms with E-state index in [2.05, 4.69) is 11.3 Å². The molecule has 0 saturated carbocycles. The van der Waals surface area contributed by atoms with Crippen LogP contribution in [0.25, 0.3) is 0 Å². The molecule has 3 N–H and O–H groups in total. The Kier molecular flexibility index (Phi) is 5.65. The predicted molar refractivity (Wildman–Crippen MR) is 48.8 cm³/mol. The lowest BCUT2D eigenvalue weighted by molar-refractivity contribution is -0.300. The Morgan fingerprint density at radius 1 is 1.62 bits per heavy atom. The lowest BCUT2D eigenvalue weighted by Crippen LogP contribution is -2.39. The summed E-state index contributed by atoms with van der Waals surface area (Å²) < 4.78 is 4.32. The highest BCUT2D eigenvalue weighted by molar-refractivity contribution is 5.78. The molecule has 0 aromatic rings. The van der Waals surface area contributed by atoms with Crippen molar-refractivity contribution in [3.05, 3.63) is 12.3 Å². The normalized spacial score (nSPS) is 29.8. The standard InChI is InChI=1S/C6H8O6.C3H6O/c7-1-2(8)5-3(9)4(10)6(11)12-5;1-3(2)4/h1-5,8-10H;4H,1H2,2H3/p-1. The maximum Gasteiger partial charge on any atom is 0.338 e. The Hall–Kier alpha value is -1.44. The molecule has 7 heteroatoms. The van der Waals surface area contributed by atoms with E-state index in [4.69, 9.17) is 15.3 Å². The first kappa shape index (κ1) is 14.6. The molecule has 0 bridgehead atoms. The van der Waals surface area contributed by atoms with Crippen LogP contribution in [-0.2, 0) is 14.3 Å². The summed E-state index contributed by atoms with van der Waals surface area (Å²) in [6.07, 6.45) is -6.05. The van der Waals surface area contributed by atoms with Crippen molar-refractivity contribution < 1.29 is 34.8 Å². The monoisotopic (exact) mass is 233 g/mol. The number of ether oxygens (including phenoxy) is 1. The number of esters is 1. The molecule has 1 saturated heterocycles. The highest BCUT2D eigenvalue weighted by Crippen LogP contribution is 2.17. The van der Waals surface area contributed by atoms with Gasteiger partial charge in [0.2, 0.25) is 0 Å². The number of hydrogen-bond acceptors (Lipinski definition) is 7. The number of hydrogen-bond donors (Lipinski definition) is 3. The second kappa shape index (κ2) is 6.21. The van der Waals surface area contributed by atoms with Gasteiger partial charge in [-0.15, -0.1) is 12.3 Å². The third-order valence-electron chi connectivity index (χ3n) is 1.63. The fourth-order valence-corrected chi connectivity index (χ4v) is 0.942. The lowest BCUT2D eigenvalue weighted by atomic mass is 10.1. The summed E-state index contributed by atoms with van der Waals surface area (Å²) >= 11 is 0. The van der Waals surface area contributed by atoms with Gasteiger partial charge in [0.1, 0.15) is 12.2 Å². The molecule has 0 radical (unpaired) electrons. The summed E-state index contributed by atoms with van der Waals surface area (Å²) in [5.41, 5.74) is 0. The van der Waals surface area contributed by atoms with Crippen LogP contribution in [0.3, 0.4) is 0 Å². The highest BCUT2D eigenvalue weighted by Gasteiger charge is 2.46. The van der Waals surface area contributed by atoms with E-state index in [1.54, 1.807) is 0 Å². The second-order valence-corrected chi connectivity index (χ2v) is 3.17. The van der Waals surface area contributed by atoms with Crippen LogP contribution < -0.4 is 5.11 Å². The number of rotatable bonds is 2. The van der Waals surface area contributed by atoms with E-state index in [0.29, 0.717) is 0 Å². The molecule has 4 unspecified atom stereocenters. The molecule has 0 amide bonds. The van der Waals surface area contributed by atoms with Crippen LogP contribution in [0.2, 0.25) is 0 Å². The van der Waals surface area contributed by atoms with E-state index in [9.17, 15) is 14.7 Å². The predicted octanol–water partition coefficient (Wildman–Crippen LogP) is -2.93. The van der Waals surface area contributed by atoms with E-state index in [1.165, 1.54) is 6.92 Å². The van der Waals surface area contributed by atoms with Crippen molar-refractivity contribution in [1.29, 1.82) is 0 Å². The molecule has 0 aromatic carbocycles. The molecule has 1 rings (SSSR count). The van der Waals surface area contributed by atoms with Gasteiger partial charge in [0.25, 0.3) is 0 Å². The Bertz CT molecular complexity index is 271. The topological polar surface area (TPSA) is 127 Å². The smallest absolute Gasteiger partial charge is 0.338 e. The molecule has 1 heterocycles. The van der Waals surface area contributed by atoms with Gasteiger partial charge in [0, 0.05) is 0 Å². The van der Waals surface area contributed by atoms with Gasteiger partial charge in [-0.3, -0.25) is 0 Å². The van der Waals surface area contributed by atoms with Gasteiger partial charge >= 0.3 is 5.97 Å². The average Bonchev–Trinajstić information content (AvgIpc) is 2.44. The Balaban J connectivity index is 0.000000487. The van der Waals surface area contributed by atoms with Crippen molar-refractivity contribution in [2.24, 2.45) is 0 Å². The van der Waals surface area contributed by atoms with E-state index in [0.717, 1.165) is 0 Å². The molecule has 16 heavy (non-hydrogen) atoms. The van der Waals surface area contributed by atoms with Crippen molar-refractivity contribution >= 4 is 12.3 Å². The fourth-order valence-electron chi connectivity index (χ4n) is 0.942. The highest BCUT2D eigenvalue weighted by atomic mass is 16.6. The molecule has 4 atom stereocenters. The average molecular weight is 233 g/mol. The molecule has 0 aromatic heterocycles. The summed E-state index contributed by atoms with van der Waals surface area (Å²) in [5, 5.41) is 36.0. The minimum atomic E-state index is -1.68. The maximum atomic E-state index is 10.6. The van der Waals surface area contributed by atoms with Crippen LogP contribution in [0.5, 0.6) is 0 Å². The molecule has 1 aliphatic heterocycles. The van der Waals surface area contributed by atoms with E-state index >= 15 is 0 Å². The van der Waals surface area contributed by atoms with Crippen molar-refractivity contribution in [2.45, 2.75) is 31.3 Å². The van der Waals surface area contributed by atoms with Crippen LogP contribution in [0.15, 0.2) is 12.3 Å². The largest absolute Gasteiger partial charge is 0.876 e. The Morgan fingerprint density at radius 3 is 2.31 bits per heavy atom. The van der Waals surface area contributed by atoms with E-state index in [-0.39, 0.29) is 12.0 Å². The van der Waals surface area contributed by atoms with Gasteiger partial charge in [-0.2, -0.15) is 0 Å². The number of aliphatic hydroxyl groups is 3. The fraction of sp³-hybridized carbons (Fsp3) is 0.556. The number of carbonyl (C=O) groups is 2. The van der Waals surface area contributed by atoms with Crippen molar-refractivity contribution in [3.63, 3.8) is 0 Å². The van der Waals surface area contributed by atoms with Crippen molar-refractivity contribution in [1.82, 2.24) is 0 Å². The zero-order valence-electron chi connectivity index (χ0n) is 8.57. The van der Waals surface area contributed by atoms with E-state index in [1.807, 2.05) is 0 Å². The summed E-state index contributed by atoms with van der Waals surface area (Å²) in [6, 6.07) is 0. The van der Waals surface area contributed by atoms with Crippen molar-refractivity contribution in [3.8, 4) is 0 Å². The molecule has 92 valence electrons. The first-order valence-corrected chi connectivity index (χ1v) is 4.33. The first-order valence-electron chi connectivity index (χ1n) is 4.33. The Labute approximate surface area is 91.6 Å². The van der Waals surface area contributed by atoms with Gasteiger partial charge in [0.05, 0.1) is 0 Å². The van der Waals surface area contributed by atoms with Crippen LogP contribution in [-0.4, -0.2) is 52.0 Å². The molecule has 0 aliphatic carbocycles. The zero-order chi connectivity index (χ0) is 12.9. The van der Waals surface area contributed by atoms with Gasteiger partial charge in [0.15, 0.2) is 18.5 Å². The van der Waals surface area contributed by atoms with E-state index < -0.39 is 30.4 Å². The minimum Gasteiger partial charge on any atom is -0.876 e. The third-order valence-corrected chi connectivity index (χ3v) is 1.63. The molecular formula is C9H13O7-. The molecule has 0 spiro atoms. The number of carbonyl (C=O) groups excluding carboxylic acids is 2. The molecule has 1 fully saturated rings. The summed E-state index contributed by atoms with van der Waals surface area (Å²) in [5.74, 6) is -1.12. The van der Waals surface area contributed by atoms with Crippen molar-refractivity contribution in [2.75, 3.05) is 0 Å². The van der Waals surface area contributed by atoms with Gasteiger partial charge < -0.3 is 30.0 Å². The zero-order valence-corrected chi connectivity index (χ0v) is 8.57. The quantitative estimate of drug-likeness (QED) is 0.265. The second-order valence-electron chi connectivity index (χ2n) is 3.17. The molecule has 7 nitrogen and oxygen atoms in total. The molecule has 1 aliphatic rings. The number of aldehydes is 1. The van der Waals surface area contributed by atoms with Gasteiger partial charge in [-0.1, -0.05) is 6.92 Å². The van der Waals surface area contributed by atoms with Gasteiger partial charge in [-0.25, -0.2) is 4.79 Å². The molecular weight excluding hydrogens is 220 g/mol. The summed E-state index contributed by atoms with van der Waals surface area (Å²) in [6.45, 7) is 4.42. The van der Waals surface area contributed by atoms with Crippen LogP contribution >= 0.6 is 0 Å². The van der Waals surface area contributed by atoms with Crippen LogP contribution in [0, 0.1) is 0 Å². The first-order chi connectivity index (χ1) is 7.31. The summed E-state index contributed by atoms with van der Waals surface area (Å²) in [7, 11) is 0. The third kappa shape index (κ3) is 3.97. The minimum absolute atomic E-state index is 0.0833. The van der Waals surface area contributed by atoms with Crippen LogP contribution in [0.1, 0.15) is 6.92 Å². The Morgan fingerprint density at radius 2 is 2.06 bits per heavy atom. The SMILES string of the molecule is C=C(C)[O-].O=CC(O)C1OC(=O)C(O)C1O. The lowest BCUT2D eigenvalue weighted by Gasteiger charge is -2.14. The number of allylic oxidation sites excluding steroid dienone is 1. The number of cyclic esters (lactones) is 1. The number of aliphatic hydroxyl groups excluding tert-OH is 3. The maximum absolute atomic E-state index is 10.6. The van der Waals surface area contributed by atoms with Gasteiger partial charge in [-0.05, 0) is 0 Å².